The fraction of sp³-hybridized carbons (Fsp3) is 0.312. The molecular formula is C16H16N2O3. The van der Waals surface area contributed by atoms with Gasteiger partial charge in [-0.25, -0.2) is 0 Å². The molecule has 2 rings (SSSR count). The van der Waals surface area contributed by atoms with Gasteiger partial charge in [0.15, 0.2) is 5.75 Å². The maximum atomic E-state index is 11.6. The second-order valence-corrected chi connectivity index (χ2v) is 4.65. The number of nitriles is 1. The first kappa shape index (κ1) is 14.8. The standard InChI is InChI=1S/C16H16N2O3/c1-3-5-11-8-10(9-17)6-7-12(11)18-13-14(19)15(20)16(13)21-4-2/h6-8,18H,3-5H2,1-2H3. The summed E-state index contributed by atoms with van der Waals surface area (Å²) < 4.78 is 5.18. The van der Waals surface area contributed by atoms with Crippen molar-refractivity contribution in [2.24, 2.45) is 0 Å². The van der Waals surface area contributed by atoms with Crippen LogP contribution < -0.4 is 20.9 Å². The highest BCUT2D eigenvalue weighted by molar-refractivity contribution is 5.72. The molecule has 5 nitrogen and oxygen atoms in total. The van der Waals surface area contributed by atoms with Crippen molar-refractivity contribution in [3.8, 4) is 11.8 Å². The third-order valence-corrected chi connectivity index (χ3v) is 3.17. The van der Waals surface area contributed by atoms with Crippen LogP contribution in [0.2, 0.25) is 0 Å². The lowest BCUT2D eigenvalue weighted by Gasteiger charge is -2.16. The van der Waals surface area contributed by atoms with Crippen LogP contribution in [0.1, 0.15) is 31.4 Å². The fourth-order valence-corrected chi connectivity index (χ4v) is 2.16. The number of hydrogen-bond donors (Lipinski definition) is 1. The van der Waals surface area contributed by atoms with Crippen molar-refractivity contribution in [1.82, 2.24) is 0 Å². The molecule has 0 saturated carbocycles. The number of aryl methyl sites for hydroxylation is 1. The van der Waals surface area contributed by atoms with E-state index < -0.39 is 10.9 Å². The summed E-state index contributed by atoms with van der Waals surface area (Å²) in [5.41, 5.74) is 1.27. The molecule has 0 fully saturated rings. The molecule has 21 heavy (non-hydrogen) atoms. The second-order valence-electron chi connectivity index (χ2n) is 4.65. The van der Waals surface area contributed by atoms with Gasteiger partial charge in [-0.1, -0.05) is 13.3 Å². The Morgan fingerprint density at radius 2 is 2.00 bits per heavy atom. The Kier molecular flexibility index (Phi) is 4.39. The number of nitrogens with one attached hydrogen (secondary N) is 1. The Morgan fingerprint density at radius 3 is 2.62 bits per heavy atom. The number of rotatable bonds is 6. The average molecular weight is 284 g/mol. The summed E-state index contributed by atoms with van der Waals surface area (Å²) in [6.07, 6.45) is 1.69. The van der Waals surface area contributed by atoms with E-state index >= 15 is 0 Å². The van der Waals surface area contributed by atoms with Crippen molar-refractivity contribution in [1.29, 1.82) is 5.26 Å². The topological polar surface area (TPSA) is 79.2 Å². The molecule has 1 N–H and O–H groups in total. The third kappa shape index (κ3) is 2.79. The first-order valence-corrected chi connectivity index (χ1v) is 6.88. The lowest BCUT2D eigenvalue weighted by Crippen LogP contribution is -2.35. The highest BCUT2D eigenvalue weighted by atomic mass is 16.5. The predicted octanol–water partition coefficient (Wildman–Crippen LogP) is 2.25. The van der Waals surface area contributed by atoms with Crippen molar-refractivity contribution in [3.05, 3.63) is 49.8 Å². The second kappa shape index (κ2) is 6.23. The smallest absolute Gasteiger partial charge is 0.272 e. The van der Waals surface area contributed by atoms with Crippen LogP contribution in [0.5, 0.6) is 5.75 Å². The molecule has 0 aliphatic rings. The monoisotopic (exact) mass is 284 g/mol. The zero-order chi connectivity index (χ0) is 15.4. The molecule has 2 aromatic rings. The average Bonchev–Trinajstić information content (AvgIpc) is 2.51. The minimum absolute atomic E-state index is 0.0920. The maximum Gasteiger partial charge on any atom is 0.272 e. The molecule has 0 atom stereocenters. The molecule has 0 aromatic heterocycles. The van der Waals surface area contributed by atoms with Gasteiger partial charge in [0, 0.05) is 5.69 Å². The summed E-state index contributed by atoms with van der Waals surface area (Å²) in [7, 11) is 0. The van der Waals surface area contributed by atoms with Gasteiger partial charge < -0.3 is 10.1 Å². The van der Waals surface area contributed by atoms with Crippen LogP contribution in [-0.2, 0) is 6.42 Å². The van der Waals surface area contributed by atoms with E-state index in [9.17, 15) is 9.59 Å². The Balaban J connectivity index is 2.36. The molecule has 5 heteroatoms. The highest BCUT2D eigenvalue weighted by Gasteiger charge is 2.23. The Hall–Kier alpha value is -2.61. The first-order chi connectivity index (χ1) is 10.1. The van der Waals surface area contributed by atoms with Gasteiger partial charge in [-0.2, -0.15) is 5.26 Å². The van der Waals surface area contributed by atoms with Crippen LogP contribution in [0, 0.1) is 11.3 Å². The minimum Gasteiger partial charge on any atom is -0.488 e. The largest absolute Gasteiger partial charge is 0.488 e. The number of benzene rings is 1. The summed E-state index contributed by atoms with van der Waals surface area (Å²) in [6.45, 7) is 4.12. The minimum atomic E-state index is -0.593. The van der Waals surface area contributed by atoms with Crippen LogP contribution in [0.25, 0.3) is 0 Å². The molecular weight excluding hydrogens is 268 g/mol. The Morgan fingerprint density at radius 1 is 1.24 bits per heavy atom. The highest BCUT2D eigenvalue weighted by Crippen LogP contribution is 2.26. The summed E-state index contributed by atoms with van der Waals surface area (Å²) in [5.74, 6) is 0.0920. The third-order valence-electron chi connectivity index (χ3n) is 3.17. The van der Waals surface area contributed by atoms with Crippen molar-refractivity contribution < 1.29 is 4.74 Å². The lowest BCUT2D eigenvalue weighted by atomic mass is 10.0. The van der Waals surface area contributed by atoms with Crippen LogP contribution in [0.15, 0.2) is 27.8 Å². The summed E-state index contributed by atoms with van der Waals surface area (Å²) in [4.78, 5) is 23.1. The quantitative estimate of drug-likeness (QED) is 0.823. The van der Waals surface area contributed by atoms with Crippen molar-refractivity contribution in [2.75, 3.05) is 11.9 Å². The molecule has 0 saturated heterocycles. The van der Waals surface area contributed by atoms with Gasteiger partial charge in [-0.05, 0) is 37.1 Å². The van der Waals surface area contributed by atoms with E-state index in [1.807, 2.05) is 6.92 Å². The van der Waals surface area contributed by atoms with E-state index in [0.29, 0.717) is 12.2 Å². The van der Waals surface area contributed by atoms with Crippen molar-refractivity contribution in [3.63, 3.8) is 0 Å². The molecule has 0 amide bonds. The van der Waals surface area contributed by atoms with Crippen LogP contribution in [-0.4, -0.2) is 6.61 Å². The van der Waals surface area contributed by atoms with Gasteiger partial charge >= 0.3 is 0 Å². The molecule has 2 aromatic carbocycles. The predicted molar refractivity (Wildman–Crippen MR) is 81.0 cm³/mol. The number of anilines is 2. The van der Waals surface area contributed by atoms with E-state index in [1.165, 1.54) is 0 Å². The van der Waals surface area contributed by atoms with Gasteiger partial charge in [-0.15, -0.1) is 0 Å². The molecule has 0 aliphatic heterocycles. The van der Waals surface area contributed by atoms with E-state index in [0.717, 1.165) is 24.1 Å². The van der Waals surface area contributed by atoms with Gasteiger partial charge in [0.2, 0.25) is 0 Å². The first-order valence-electron chi connectivity index (χ1n) is 6.88. The van der Waals surface area contributed by atoms with Crippen LogP contribution in [0.4, 0.5) is 11.4 Å². The van der Waals surface area contributed by atoms with Crippen molar-refractivity contribution >= 4 is 11.4 Å². The van der Waals surface area contributed by atoms with E-state index in [4.69, 9.17) is 10.00 Å². The van der Waals surface area contributed by atoms with E-state index in [-0.39, 0.29) is 11.4 Å². The van der Waals surface area contributed by atoms with Gasteiger partial charge in [0.05, 0.1) is 18.2 Å². The molecule has 0 spiro atoms. The zero-order valence-corrected chi connectivity index (χ0v) is 12.0. The molecule has 0 heterocycles. The van der Waals surface area contributed by atoms with Crippen LogP contribution >= 0.6 is 0 Å². The van der Waals surface area contributed by atoms with E-state index in [2.05, 4.69) is 11.4 Å². The SMILES string of the molecule is CCCc1cc(C#N)ccc1Nc1c(OCC)c(=O)c1=O. The fourth-order valence-electron chi connectivity index (χ4n) is 2.16. The Labute approximate surface area is 122 Å². The lowest BCUT2D eigenvalue weighted by molar-refractivity contribution is 0.335. The molecule has 0 aliphatic carbocycles. The molecule has 108 valence electrons. The van der Waals surface area contributed by atoms with E-state index in [1.54, 1.807) is 25.1 Å². The molecule has 0 radical (unpaired) electrons. The normalized spacial score (nSPS) is 10.3. The summed E-state index contributed by atoms with van der Waals surface area (Å²) in [6, 6.07) is 7.30. The van der Waals surface area contributed by atoms with Gasteiger partial charge in [0.25, 0.3) is 10.9 Å². The summed E-state index contributed by atoms with van der Waals surface area (Å²) in [5, 5.41) is 11.9. The zero-order valence-electron chi connectivity index (χ0n) is 12.0. The molecule has 0 bridgehead atoms. The molecule has 0 unspecified atom stereocenters. The van der Waals surface area contributed by atoms with Gasteiger partial charge in [0.1, 0.15) is 5.69 Å². The van der Waals surface area contributed by atoms with Crippen molar-refractivity contribution in [2.45, 2.75) is 26.7 Å². The number of hydrogen-bond acceptors (Lipinski definition) is 5. The van der Waals surface area contributed by atoms with Gasteiger partial charge in [-0.3, -0.25) is 9.59 Å². The number of nitrogens with zero attached hydrogens (tertiary/aromatic N) is 1. The number of ether oxygens (including phenoxy) is 1. The summed E-state index contributed by atoms with van der Waals surface area (Å²) >= 11 is 0. The van der Waals surface area contributed by atoms with Crippen LogP contribution in [0.3, 0.4) is 0 Å². The maximum absolute atomic E-state index is 11.6. The Bertz CT molecular complexity index is 765.